The molecule has 0 aliphatic carbocycles. The fraction of sp³-hybridized carbons (Fsp3) is 0.250. The van der Waals surface area contributed by atoms with Crippen LogP contribution in [-0.2, 0) is 6.61 Å². The van der Waals surface area contributed by atoms with Gasteiger partial charge in [0.1, 0.15) is 5.75 Å². The Labute approximate surface area is 118 Å². The van der Waals surface area contributed by atoms with Gasteiger partial charge in [0.15, 0.2) is 0 Å². The maximum Gasteiger partial charge on any atom is 0.122 e. The molecule has 0 unspecified atom stereocenters. The SMILES string of the molecule is Cc1ccccc1OCCSc1ccc(CO)cc1. The van der Waals surface area contributed by atoms with Crippen molar-refractivity contribution < 1.29 is 9.84 Å². The van der Waals surface area contributed by atoms with Crippen LogP contribution in [0.3, 0.4) is 0 Å². The number of ether oxygens (including phenoxy) is 1. The van der Waals surface area contributed by atoms with Crippen LogP contribution in [0, 0.1) is 6.92 Å². The number of hydrogen-bond acceptors (Lipinski definition) is 3. The molecule has 0 saturated heterocycles. The van der Waals surface area contributed by atoms with Crippen molar-refractivity contribution in [3.05, 3.63) is 59.7 Å². The zero-order valence-corrected chi connectivity index (χ0v) is 11.8. The molecule has 2 nitrogen and oxygen atoms in total. The fourth-order valence-corrected chi connectivity index (χ4v) is 2.45. The predicted octanol–water partition coefficient (Wildman–Crippen LogP) is 3.66. The van der Waals surface area contributed by atoms with Crippen LogP contribution in [0.5, 0.6) is 5.75 Å². The molecular formula is C16H18O2S. The van der Waals surface area contributed by atoms with Crippen LogP contribution in [0.15, 0.2) is 53.4 Å². The molecule has 0 saturated carbocycles. The van der Waals surface area contributed by atoms with Crippen molar-refractivity contribution in [2.75, 3.05) is 12.4 Å². The van der Waals surface area contributed by atoms with E-state index in [0.29, 0.717) is 6.61 Å². The highest BCUT2D eigenvalue weighted by Crippen LogP contribution is 2.20. The van der Waals surface area contributed by atoms with Crippen LogP contribution in [0.1, 0.15) is 11.1 Å². The first kappa shape index (κ1) is 14.0. The van der Waals surface area contributed by atoms with Crippen molar-refractivity contribution in [3.8, 4) is 5.75 Å². The van der Waals surface area contributed by atoms with Crippen LogP contribution in [0.2, 0.25) is 0 Å². The van der Waals surface area contributed by atoms with E-state index in [0.717, 1.165) is 17.1 Å². The molecule has 0 aliphatic heterocycles. The van der Waals surface area contributed by atoms with Gasteiger partial charge in [-0.2, -0.15) is 0 Å². The van der Waals surface area contributed by atoms with Crippen LogP contribution < -0.4 is 4.74 Å². The van der Waals surface area contributed by atoms with E-state index in [1.54, 1.807) is 11.8 Å². The summed E-state index contributed by atoms with van der Waals surface area (Å²) >= 11 is 1.76. The van der Waals surface area contributed by atoms with E-state index >= 15 is 0 Å². The van der Waals surface area contributed by atoms with Crippen molar-refractivity contribution >= 4 is 11.8 Å². The lowest BCUT2D eigenvalue weighted by atomic mass is 10.2. The van der Waals surface area contributed by atoms with Crippen molar-refractivity contribution in [2.45, 2.75) is 18.4 Å². The number of benzene rings is 2. The van der Waals surface area contributed by atoms with Gasteiger partial charge in [-0.1, -0.05) is 30.3 Å². The Morgan fingerprint density at radius 1 is 1.05 bits per heavy atom. The summed E-state index contributed by atoms with van der Waals surface area (Å²) in [5.41, 5.74) is 2.11. The number of aryl methyl sites for hydroxylation is 1. The van der Waals surface area contributed by atoms with Gasteiger partial charge >= 0.3 is 0 Å². The first-order chi connectivity index (χ1) is 9.29. The van der Waals surface area contributed by atoms with Crippen LogP contribution >= 0.6 is 11.8 Å². The first-order valence-corrected chi connectivity index (χ1v) is 7.29. The van der Waals surface area contributed by atoms with E-state index in [4.69, 9.17) is 9.84 Å². The number of aliphatic hydroxyl groups is 1. The highest BCUT2D eigenvalue weighted by Gasteiger charge is 1.99. The minimum absolute atomic E-state index is 0.0986. The molecule has 2 aromatic carbocycles. The highest BCUT2D eigenvalue weighted by molar-refractivity contribution is 7.99. The number of rotatable bonds is 6. The maximum absolute atomic E-state index is 8.97. The third-order valence-corrected chi connectivity index (χ3v) is 3.79. The number of aliphatic hydroxyl groups excluding tert-OH is 1. The van der Waals surface area contributed by atoms with Crippen molar-refractivity contribution in [2.24, 2.45) is 0 Å². The zero-order valence-electron chi connectivity index (χ0n) is 11.0. The Balaban J connectivity index is 1.76. The summed E-state index contributed by atoms with van der Waals surface area (Å²) in [6, 6.07) is 16.0. The molecule has 0 radical (unpaired) electrons. The van der Waals surface area contributed by atoms with E-state index in [1.165, 1.54) is 10.5 Å². The van der Waals surface area contributed by atoms with E-state index in [-0.39, 0.29) is 6.61 Å². The molecule has 2 aromatic rings. The van der Waals surface area contributed by atoms with Crippen LogP contribution in [0.4, 0.5) is 0 Å². The van der Waals surface area contributed by atoms with E-state index in [9.17, 15) is 0 Å². The molecule has 0 atom stereocenters. The quantitative estimate of drug-likeness (QED) is 0.644. The fourth-order valence-electron chi connectivity index (χ4n) is 1.72. The Morgan fingerprint density at radius 3 is 2.47 bits per heavy atom. The second-order valence-electron chi connectivity index (χ2n) is 4.26. The first-order valence-electron chi connectivity index (χ1n) is 6.30. The minimum Gasteiger partial charge on any atom is -0.492 e. The Hall–Kier alpha value is -1.45. The average Bonchev–Trinajstić information content (AvgIpc) is 2.46. The molecule has 2 rings (SSSR count). The monoisotopic (exact) mass is 274 g/mol. The Kier molecular flexibility index (Phi) is 5.31. The maximum atomic E-state index is 8.97. The molecule has 19 heavy (non-hydrogen) atoms. The summed E-state index contributed by atoms with van der Waals surface area (Å²) in [5.74, 6) is 1.87. The summed E-state index contributed by atoms with van der Waals surface area (Å²) in [6.45, 7) is 2.84. The van der Waals surface area contributed by atoms with Gasteiger partial charge in [0.25, 0.3) is 0 Å². The smallest absolute Gasteiger partial charge is 0.122 e. The van der Waals surface area contributed by atoms with E-state index in [1.807, 2.05) is 42.5 Å². The molecule has 0 amide bonds. The predicted molar refractivity (Wildman–Crippen MR) is 79.8 cm³/mol. The topological polar surface area (TPSA) is 29.5 Å². The number of para-hydroxylation sites is 1. The van der Waals surface area contributed by atoms with Gasteiger partial charge in [-0.05, 0) is 36.2 Å². The molecule has 0 fully saturated rings. The summed E-state index contributed by atoms with van der Waals surface area (Å²) in [7, 11) is 0. The molecule has 0 spiro atoms. The van der Waals surface area contributed by atoms with Crippen LogP contribution in [-0.4, -0.2) is 17.5 Å². The number of hydrogen-bond donors (Lipinski definition) is 1. The second kappa shape index (κ2) is 7.22. The van der Waals surface area contributed by atoms with E-state index in [2.05, 4.69) is 13.0 Å². The van der Waals surface area contributed by atoms with Crippen molar-refractivity contribution in [3.63, 3.8) is 0 Å². The standard InChI is InChI=1S/C16H18O2S/c1-13-4-2-3-5-16(13)18-10-11-19-15-8-6-14(12-17)7-9-15/h2-9,17H,10-12H2,1H3. The van der Waals surface area contributed by atoms with Crippen molar-refractivity contribution in [1.29, 1.82) is 0 Å². The molecule has 0 bridgehead atoms. The van der Waals surface area contributed by atoms with Crippen LogP contribution in [0.25, 0.3) is 0 Å². The molecule has 0 heterocycles. The van der Waals surface area contributed by atoms with Crippen molar-refractivity contribution in [1.82, 2.24) is 0 Å². The lowest BCUT2D eigenvalue weighted by Crippen LogP contribution is -2.01. The summed E-state index contributed by atoms with van der Waals surface area (Å²) in [5, 5.41) is 8.97. The molecule has 0 aliphatic rings. The van der Waals surface area contributed by atoms with Gasteiger partial charge in [0.05, 0.1) is 13.2 Å². The van der Waals surface area contributed by atoms with Gasteiger partial charge in [-0.15, -0.1) is 11.8 Å². The summed E-state index contributed by atoms with van der Waals surface area (Å²) in [6.07, 6.45) is 0. The lowest BCUT2D eigenvalue weighted by Gasteiger charge is -2.08. The Morgan fingerprint density at radius 2 is 1.79 bits per heavy atom. The normalized spacial score (nSPS) is 10.4. The molecule has 0 aromatic heterocycles. The van der Waals surface area contributed by atoms with Gasteiger partial charge in [0, 0.05) is 10.6 Å². The number of thioether (sulfide) groups is 1. The Bertz CT molecular complexity index is 508. The molecule has 100 valence electrons. The largest absolute Gasteiger partial charge is 0.492 e. The lowest BCUT2D eigenvalue weighted by molar-refractivity contribution is 0.282. The van der Waals surface area contributed by atoms with Gasteiger partial charge in [0.2, 0.25) is 0 Å². The zero-order chi connectivity index (χ0) is 13.5. The molecular weight excluding hydrogens is 256 g/mol. The van der Waals surface area contributed by atoms with Gasteiger partial charge < -0.3 is 9.84 Å². The van der Waals surface area contributed by atoms with Gasteiger partial charge in [-0.3, -0.25) is 0 Å². The molecule has 3 heteroatoms. The van der Waals surface area contributed by atoms with E-state index < -0.39 is 0 Å². The summed E-state index contributed by atoms with van der Waals surface area (Å²) in [4.78, 5) is 1.20. The van der Waals surface area contributed by atoms with Gasteiger partial charge in [-0.25, -0.2) is 0 Å². The molecule has 1 N–H and O–H groups in total. The third kappa shape index (κ3) is 4.30. The average molecular weight is 274 g/mol. The third-order valence-electron chi connectivity index (χ3n) is 2.81. The second-order valence-corrected chi connectivity index (χ2v) is 5.43. The summed E-state index contributed by atoms with van der Waals surface area (Å²) < 4.78 is 5.74. The minimum atomic E-state index is 0.0986. The highest BCUT2D eigenvalue weighted by atomic mass is 32.2.